The lowest BCUT2D eigenvalue weighted by atomic mass is 10.6. The predicted octanol–water partition coefficient (Wildman–Crippen LogP) is 0.865. The fourth-order valence-corrected chi connectivity index (χ4v) is 1.09. The van der Waals surface area contributed by atoms with Crippen LogP contribution >= 0.6 is 0 Å². The van der Waals surface area contributed by atoms with Gasteiger partial charge in [0.05, 0.1) is 18.4 Å². The molecule has 1 fully saturated rings. The Morgan fingerprint density at radius 3 is 3.08 bits per heavy atom. The lowest BCUT2D eigenvalue weighted by molar-refractivity contribution is 0.642. The van der Waals surface area contributed by atoms with E-state index in [0.717, 1.165) is 5.69 Å². The molecule has 0 saturated heterocycles. The van der Waals surface area contributed by atoms with Crippen molar-refractivity contribution in [2.45, 2.75) is 18.9 Å². The van der Waals surface area contributed by atoms with Gasteiger partial charge in [-0.3, -0.25) is 4.68 Å². The molecular weight excluding hydrogens is 166 g/mol. The van der Waals surface area contributed by atoms with Crippen LogP contribution in [0.15, 0.2) is 22.4 Å². The molecule has 0 bridgehead atoms. The first-order valence-corrected chi connectivity index (χ1v) is 4.14. The maximum absolute atomic E-state index is 5.39. The zero-order chi connectivity index (χ0) is 9.26. The summed E-state index contributed by atoms with van der Waals surface area (Å²) in [5, 5.41) is 4.16. The largest absolute Gasteiger partial charge is 0.368 e. The molecule has 1 aromatic heterocycles. The fourth-order valence-electron chi connectivity index (χ4n) is 1.09. The zero-order valence-corrected chi connectivity index (χ0v) is 7.22. The van der Waals surface area contributed by atoms with Crippen LogP contribution in [0.4, 0.5) is 5.69 Å². The second kappa shape index (κ2) is 3.01. The van der Waals surface area contributed by atoms with Crippen LogP contribution in [0.25, 0.3) is 0 Å². The standard InChI is InChI=1S/C8H11N5/c1-10-8(9)12-6-4-11-13(5-6)7-2-3-7/h4-5,7H,1-3H2,(H2,9,12). The number of aromatic nitrogens is 2. The Morgan fingerprint density at radius 1 is 1.69 bits per heavy atom. The molecule has 1 heterocycles. The molecule has 0 aromatic carbocycles. The number of rotatable bonds is 2. The van der Waals surface area contributed by atoms with Gasteiger partial charge < -0.3 is 5.73 Å². The molecule has 0 atom stereocenters. The predicted molar refractivity (Wildman–Crippen MR) is 51.3 cm³/mol. The molecule has 1 aromatic rings. The van der Waals surface area contributed by atoms with Crippen LogP contribution in [-0.4, -0.2) is 22.5 Å². The number of aliphatic imine (C=N–C) groups is 2. The Kier molecular flexibility index (Phi) is 1.84. The SMILES string of the molecule is C=NC(N)=Nc1cnn(C2CC2)c1. The quantitative estimate of drug-likeness (QED) is 0.537. The van der Waals surface area contributed by atoms with Gasteiger partial charge in [0.25, 0.3) is 0 Å². The molecule has 0 amide bonds. The highest BCUT2D eigenvalue weighted by molar-refractivity contribution is 5.84. The summed E-state index contributed by atoms with van der Waals surface area (Å²) < 4.78 is 1.91. The third-order valence-electron chi connectivity index (χ3n) is 1.91. The van der Waals surface area contributed by atoms with E-state index in [2.05, 4.69) is 21.8 Å². The molecule has 0 unspecified atom stereocenters. The summed E-state index contributed by atoms with van der Waals surface area (Å²) in [6.07, 6.45) is 5.96. The molecule has 1 aliphatic carbocycles. The van der Waals surface area contributed by atoms with Crippen molar-refractivity contribution in [2.24, 2.45) is 15.7 Å². The van der Waals surface area contributed by atoms with Crippen LogP contribution in [0.5, 0.6) is 0 Å². The van der Waals surface area contributed by atoms with E-state index in [1.165, 1.54) is 12.8 Å². The molecule has 1 aliphatic rings. The van der Waals surface area contributed by atoms with E-state index < -0.39 is 0 Å². The average molecular weight is 177 g/mol. The summed E-state index contributed by atoms with van der Waals surface area (Å²) in [7, 11) is 0. The van der Waals surface area contributed by atoms with Crippen molar-refractivity contribution < 1.29 is 0 Å². The van der Waals surface area contributed by atoms with Crippen LogP contribution in [0.2, 0.25) is 0 Å². The van der Waals surface area contributed by atoms with Gasteiger partial charge in [-0.2, -0.15) is 5.10 Å². The summed E-state index contributed by atoms with van der Waals surface area (Å²) >= 11 is 0. The number of hydrogen-bond acceptors (Lipinski definition) is 2. The van der Waals surface area contributed by atoms with E-state index in [1.54, 1.807) is 6.20 Å². The lowest BCUT2D eigenvalue weighted by Gasteiger charge is -1.92. The minimum absolute atomic E-state index is 0.176. The number of hydrogen-bond donors (Lipinski definition) is 1. The topological polar surface area (TPSA) is 68.6 Å². The highest BCUT2D eigenvalue weighted by Gasteiger charge is 2.24. The van der Waals surface area contributed by atoms with Gasteiger partial charge in [-0.15, -0.1) is 0 Å². The Bertz CT molecular complexity index is 347. The van der Waals surface area contributed by atoms with Gasteiger partial charge in [0, 0.05) is 0 Å². The first-order valence-electron chi connectivity index (χ1n) is 4.14. The summed E-state index contributed by atoms with van der Waals surface area (Å²) in [5.41, 5.74) is 6.12. The third-order valence-corrected chi connectivity index (χ3v) is 1.91. The van der Waals surface area contributed by atoms with Crippen LogP contribution in [-0.2, 0) is 0 Å². The van der Waals surface area contributed by atoms with E-state index in [0.29, 0.717) is 6.04 Å². The maximum Gasteiger partial charge on any atom is 0.220 e. The van der Waals surface area contributed by atoms with Crippen molar-refractivity contribution >= 4 is 18.4 Å². The van der Waals surface area contributed by atoms with E-state index in [1.807, 2.05) is 10.9 Å². The smallest absolute Gasteiger partial charge is 0.220 e. The molecule has 13 heavy (non-hydrogen) atoms. The molecule has 68 valence electrons. The molecular formula is C8H11N5. The number of guanidine groups is 1. The number of nitrogens with zero attached hydrogens (tertiary/aromatic N) is 4. The normalized spacial score (nSPS) is 17.4. The van der Waals surface area contributed by atoms with E-state index in [9.17, 15) is 0 Å². The van der Waals surface area contributed by atoms with Gasteiger partial charge in [-0.1, -0.05) is 0 Å². The van der Waals surface area contributed by atoms with Crippen molar-refractivity contribution in [3.05, 3.63) is 12.4 Å². The Hall–Kier alpha value is -1.65. The van der Waals surface area contributed by atoms with Gasteiger partial charge in [0.2, 0.25) is 5.96 Å². The first-order chi connectivity index (χ1) is 6.29. The Morgan fingerprint density at radius 2 is 2.46 bits per heavy atom. The van der Waals surface area contributed by atoms with Crippen molar-refractivity contribution in [1.82, 2.24) is 9.78 Å². The first kappa shape index (κ1) is 7.97. The Labute approximate surface area is 76.0 Å². The number of nitrogens with two attached hydrogens (primary N) is 1. The van der Waals surface area contributed by atoms with Crippen molar-refractivity contribution in [3.8, 4) is 0 Å². The van der Waals surface area contributed by atoms with E-state index in [-0.39, 0.29) is 5.96 Å². The molecule has 1 saturated carbocycles. The fraction of sp³-hybridized carbons (Fsp3) is 0.375. The van der Waals surface area contributed by atoms with E-state index >= 15 is 0 Å². The molecule has 5 nitrogen and oxygen atoms in total. The summed E-state index contributed by atoms with van der Waals surface area (Å²) in [4.78, 5) is 7.48. The molecule has 5 heteroatoms. The van der Waals surface area contributed by atoms with Crippen LogP contribution < -0.4 is 5.73 Å². The highest BCUT2D eigenvalue weighted by atomic mass is 15.3. The molecule has 0 spiro atoms. The van der Waals surface area contributed by atoms with Gasteiger partial charge in [-0.25, -0.2) is 9.98 Å². The maximum atomic E-state index is 5.39. The molecule has 0 radical (unpaired) electrons. The van der Waals surface area contributed by atoms with Gasteiger partial charge in [-0.05, 0) is 19.6 Å². The minimum Gasteiger partial charge on any atom is -0.368 e. The summed E-state index contributed by atoms with van der Waals surface area (Å²) in [6.45, 7) is 3.28. The summed E-state index contributed by atoms with van der Waals surface area (Å²) in [6, 6.07) is 0.571. The second-order valence-electron chi connectivity index (χ2n) is 3.04. The lowest BCUT2D eigenvalue weighted by Crippen LogP contribution is -2.05. The van der Waals surface area contributed by atoms with Gasteiger partial charge in [0.1, 0.15) is 5.69 Å². The van der Waals surface area contributed by atoms with Crippen molar-refractivity contribution in [2.75, 3.05) is 0 Å². The van der Waals surface area contributed by atoms with Crippen LogP contribution in [0, 0.1) is 0 Å². The van der Waals surface area contributed by atoms with Gasteiger partial charge in [0.15, 0.2) is 0 Å². The van der Waals surface area contributed by atoms with Crippen molar-refractivity contribution in [1.29, 1.82) is 0 Å². The average Bonchev–Trinajstić information content (AvgIpc) is 2.88. The van der Waals surface area contributed by atoms with Crippen LogP contribution in [0.1, 0.15) is 18.9 Å². The third kappa shape index (κ3) is 1.74. The minimum atomic E-state index is 0.176. The highest BCUT2D eigenvalue weighted by Crippen LogP contribution is 2.34. The van der Waals surface area contributed by atoms with Gasteiger partial charge >= 0.3 is 0 Å². The molecule has 2 N–H and O–H groups in total. The Balaban J connectivity index is 2.16. The monoisotopic (exact) mass is 177 g/mol. The molecule has 2 rings (SSSR count). The van der Waals surface area contributed by atoms with E-state index in [4.69, 9.17) is 5.73 Å². The zero-order valence-electron chi connectivity index (χ0n) is 7.22. The van der Waals surface area contributed by atoms with Crippen molar-refractivity contribution in [3.63, 3.8) is 0 Å². The van der Waals surface area contributed by atoms with Crippen LogP contribution in [0.3, 0.4) is 0 Å². The summed E-state index contributed by atoms with van der Waals surface area (Å²) in [5.74, 6) is 0.176. The second-order valence-corrected chi connectivity index (χ2v) is 3.04. The molecule has 0 aliphatic heterocycles.